The van der Waals surface area contributed by atoms with Gasteiger partial charge in [-0.3, -0.25) is 4.79 Å². The molecular formula is C16H22N2O. The van der Waals surface area contributed by atoms with Crippen LogP contribution in [0.15, 0.2) is 18.2 Å². The van der Waals surface area contributed by atoms with E-state index < -0.39 is 0 Å². The quantitative estimate of drug-likeness (QED) is 0.865. The lowest BCUT2D eigenvalue weighted by Crippen LogP contribution is -2.28. The standard InChI is InChI=1S/C16H22N2O/c1-5-10(2)9-17-16(19)15-8-13-12(4)6-11(3)7-14(13)18-15/h6-8,10,18H,5,9H2,1-4H3,(H,17,19)/t10-/m0/s1. The zero-order chi connectivity index (χ0) is 14.0. The van der Waals surface area contributed by atoms with Crippen molar-refractivity contribution in [2.24, 2.45) is 5.92 Å². The van der Waals surface area contributed by atoms with Crippen LogP contribution in [0.2, 0.25) is 0 Å². The second kappa shape index (κ2) is 5.47. The van der Waals surface area contributed by atoms with E-state index in [0.717, 1.165) is 23.9 Å². The van der Waals surface area contributed by atoms with E-state index in [1.165, 1.54) is 11.1 Å². The highest BCUT2D eigenvalue weighted by Crippen LogP contribution is 2.21. The number of nitrogens with one attached hydrogen (secondary N) is 2. The molecule has 2 N–H and O–H groups in total. The zero-order valence-electron chi connectivity index (χ0n) is 12.1. The van der Waals surface area contributed by atoms with E-state index in [1.807, 2.05) is 6.07 Å². The number of aromatic nitrogens is 1. The molecule has 0 fully saturated rings. The van der Waals surface area contributed by atoms with E-state index in [4.69, 9.17) is 0 Å². The Morgan fingerprint density at radius 2 is 2.05 bits per heavy atom. The Balaban J connectivity index is 2.21. The fourth-order valence-electron chi connectivity index (χ4n) is 2.23. The Morgan fingerprint density at radius 3 is 2.74 bits per heavy atom. The van der Waals surface area contributed by atoms with Crippen LogP contribution in [0.3, 0.4) is 0 Å². The minimum Gasteiger partial charge on any atom is -0.351 e. The highest BCUT2D eigenvalue weighted by atomic mass is 16.1. The summed E-state index contributed by atoms with van der Waals surface area (Å²) in [6, 6.07) is 6.15. The molecule has 1 heterocycles. The predicted octanol–water partition coefficient (Wildman–Crippen LogP) is 3.56. The van der Waals surface area contributed by atoms with Gasteiger partial charge in [0.1, 0.15) is 5.69 Å². The molecule has 3 heteroatoms. The van der Waals surface area contributed by atoms with E-state index in [-0.39, 0.29) is 5.91 Å². The van der Waals surface area contributed by atoms with Crippen LogP contribution < -0.4 is 5.32 Å². The molecule has 0 spiro atoms. The summed E-state index contributed by atoms with van der Waals surface area (Å²) in [5.74, 6) is 0.492. The molecule has 1 aromatic carbocycles. The van der Waals surface area contributed by atoms with Crippen LogP contribution in [-0.2, 0) is 0 Å². The zero-order valence-corrected chi connectivity index (χ0v) is 12.1. The molecule has 0 aliphatic rings. The van der Waals surface area contributed by atoms with Gasteiger partial charge in [-0.25, -0.2) is 0 Å². The molecule has 0 bridgehead atoms. The maximum absolute atomic E-state index is 12.1. The van der Waals surface area contributed by atoms with E-state index in [9.17, 15) is 4.79 Å². The van der Waals surface area contributed by atoms with Crippen molar-refractivity contribution in [2.75, 3.05) is 6.54 Å². The average Bonchev–Trinajstić information content (AvgIpc) is 2.79. The maximum Gasteiger partial charge on any atom is 0.267 e. The summed E-state index contributed by atoms with van der Waals surface area (Å²) in [6.45, 7) is 9.13. The molecule has 2 aromatic rings. The Bertz CT molecular complexity index is 598. The number of hydrogen-bond acceptors (Lipinski definition) is 1. The molecule has 0 unspecified atom stereocenters. The van der Waals surface area contributed by atoms with Crippen LogP contribution >= 0.6 is 0 Å². The van der Waals surface area contributed by atoms with Crippen molar-refractivity contribution in [1.29, 1.82) is 0 Å². The topological polar surface area (TPSA) is 44.9 Å². The van der Waals surface area contributed by atoms with Crippen LogP contribution in [0.5, 0.6) is 0 Å². The first-order chi connectivity index (χ1) is 9.01. The normalized spacial score (nSPS) is 12.6. The van der Waals surface area contributed by atoms with Gasteiger partial charge in [0.2, 0.25) is 0 Å². The van der Waals surface area contributed by atoms with Gasteiger partial charge in [0.25, 0.3) is 5.91 Å². The number of H-pyrrole nitrogens is 1. The second-order valence-electron chi connectivity index (χ2n) is 5.45. The second-order valence-corrected chi connectivity index (χ2v) is 5.45. The Kier molecular flexibility index (Phi) is 3.93. The van der Waals surface area contributed by atoms with Gasteiger partial charge in [0.15, 0.2) is 0 Å². The summed E-state index contributed by atoms with van der Waals surface area (Å²) in [5, 5.41) is 4.10. The number of benzene rings is 1. The van der Waals surface area contributed by atoms with Crippen LogP contribution in [-0.4, -0.2) is 17.4 Å². The first kappa shape index (κ1) is 13.7. The monoisotopic (exact) mass is 258 g/mol. The molecule has 2 rings (SSSR count). The van der Waals surface area contributed by atoms with Crippen LogP contribution in [0.4, 0.5) is 0 Å². The van der Waals surface area contributed by atoms with Gasteiger partial charge in [-0.2, -0.15) is 0 Å². The van der Waals surface area contributed by atoms with Gasteiger partial charge in [0, 0.05) is 17.4 Å². The number of carbonyl (C=O) groups is 1. The first-order valence-corrected chi connectivity index (χ1v) is 6.89. The van der Waals surface area contributed by atoms with E-state index in [0.29, 0.717) is 11.6 Å². The summed E-state index contributed by atoms with van der Waals surface area (Å²) >= 11 is 0. The summed E-state index contributed by atoms with van der Waals surface area (Å²) in [6.07, 6.45) is 1.07. The van der Waals surface area contributed by atoms with Crippen LogP contribution in [0.1, 0.15) is 41.9 Å². The Labute approximate surface area is 114 Å². The minimum atomic E-state index is -0.0199. The maximum atomic E-state index is 12.1. The summed E-state index contributed by atoms with van der Waals surface area (Å²) in [5.41, 5.74) is 4.09. The van der Waals surface area contributed by atoms with E-state index in [1.54, 1.807) is 0 Å². The number of aromatic amines is 1. The fraction of sp³-hybridized carbons (Fsp3) is 0.438. The summed E-state index contributed by atoms with van der Waals surface area (Å²) in [4.78, 5) is 15.3. The highest BCUT2D eigenvalue weighted by Gasteiger charge is 2.11. The number of aryl methyl sites for hydroxylation is 2. The molecule has 1 amide bonds. The average molecular weight is 258 g/mol. The molecule has 0 radical (unpaired) electrons. The molecule has 3 nitrogen and oxygen atoms in total. The number of amides is 1. The Morgan fingerprint density at radius 1 is 1.32 bits per heavy atom. The molecule has 0 aliphatic carbocycles. The fourth-order valence-corrected chi connectivity index (χ4v) is 2.23. The van der Waals surface area contributed by atoms with Gasteiger partial charge >= 0.3 is 0 Å². The molecule has 19 heavy (non-hydrogen) atoms. The van der Waals surface area contributed by atoms with Gasteiger partial charge in [-0.1, -0.05) is 26.3 Å². The van der Waals surface area contributed by atoms with E-state index in [2.05, 4.69) is 50.1 Å². The summed E-state index contributed by atoms with van der Waals surface area (Å²) < 4.78 is 0. The smallest absolute Gasteiger partial charge is 0.267 e. The van der Waals surface area contributed by atoms with Crippen molar-refractivity contribution in [2.45, 2.75) is 34.1 Å². The molecular weight excluding hydrogens is 236 g/mol. The van der Waals surface area contributed by atoms with Crippen molar-refractivity contribution < 1.29 is 4.79 Å². The number of fused-ring (bicyclic) bond motifs is 1. The number of hydrogen-bond donors (Lipinski definition) is 2. The molecule has 102 valence electrons. The molecule has 0 aliphatic heterocycles. The lowest BCUT2D eigenvalue weighted by Gasteiger charge is -2.08. The van der Waals surface area contributed by atoms with Crippen molar-refractivity contribution >= 4 is 16.8 Å². The number of carbonyl (C=O) groups excluding carboxylic acids is 1. The van der Waals surface area contributed by atoms with Crippen LogP contribution in [0, 0.1) is 19.8 Å². The highest BCUT2D eigenvalue weighted by molar-refractivity contribution is 5.98. The lowest BCUT2D eigenvalue weighted by molar-refractivity contribution is 0.0943. The lowest BCUT2D eigenvalue weighted by atomic mass is 10.1. The summed E-state index contributed by atoms with van der Waals surface area (Å²) in [7, 11) is 0. The van der Waals surface area contributed by atoms with Crippen molar-refractivity contribution in [3.05, 3.63) is 35.0 Å². The third-order valence-corrected chi connectivity index (χ3v) is 3.64. The van der Waals surface area contributed by atoms with Gasteiger partial charge in [-0.05, 0) is 43.0 Å². The largest absolute Gasteiger partial charge is 0.351 e. The number of rotatable bonds is 4. The molecule has 0 saturated heterocycles. The van der Waals surface area contributed by atoms with Gasteiger partial charge in [-0.15, -0.1) is 0 Å². The Hall–Kier alpha value is -1.77. The molecule has 1 aromatic heterocycles. The first-order valence-electron chi connectivity index (χ1n) is 6.89. The molecule has 0 saturated carbocycles. The van der Waals surface area contributed by atoms with Gasteiger partial charge < -0.3 is 10.3 Å². The van der Waals surface area contributed by atoms with Crippen molar-refractivity contribution in [1.82, 2.24) is 10.3 Å². The van der Waals surface area contributed by atoms with Gasteiger partial charge in [0.05, 0.1) is 0 Å². The van der Waals surface area contributed by atoms with Crippen molar-refractivity contribution in [3.8, 4) is 0 Å². The third-order valence-electron chi connectivity index (χ3n) is 3.64. The molecule has 1 atom stereocenters. The van der Waals surface area contributed by atoms with E-state index >= 15 is 0 Å². The van der Waals surface area contributed by atoms with Crippen molar-refractivity contribution in [3.63, 3.8) is 0 Å². The SMILES string of the molecule is CC[C@H](C)CNC(=O)c1cc2c(C)cc(C)cc2[nH]1. The van der Waals surface area contributed by atoms with Crippen LogP contribution in [0.25, 0.3) is 10.9 Å². The predicted molar refractivity (Wildman–Crippen MR) is 79.6 cm³/mol. The minimum absolute atomic E-state index is 0.0199. The third kappa shape index (κ3) is 2.98.